The minimum absolute atomic E-state index is 0.153. The Balaban J connectivity index is 1.72. The summed E-state index contributed by atoms with van der Waals surface area (Å²) >= 11 is 2.40. The van der Waals surface area contributed by atoms with Gasteiger partial charge in [-0.3, -0.25) is 0 Å². The van der Waals surface area contributed by atoms with Crippen molar-refractivity contribution < 1.29 is 19.0 Å². The fraction of sp³-hybridized carbons (Fsp3) is 0.480. The summed E-state index contributed by atoms with van der Waals surface area (Å²) in [5, 5.41) is 0. The molecule has 2 saturated carbocycles. The Hall–Kier alpha value is -1.60. The molecule has 0 radical (unpaired) electrons. The van der Waals surface area contributed by atoms with Crippen LogP contribution in [0.3, 0.4) is 0 Å². The number of ether oxygens (including phenoxy) is 3. The van der Waals surface area contributed by atoms with Crippen molar-refractivity contribution in [1.29, 1.82) is 0 Å². The summed E-state index contributed by atoms with van der Waals surface area (Å²) in [6, 6.07) is 8.81. The summed E-state index contributed by atoms with van der Waals surface area (Å²) in [6.45, 7) is 2.89. The molecule has 0 bridgehead atoms. The van der Waals surface area contributed by atoms with Gasteiger partial charge in [-0.15, -0.1) is 0 Å². The predicted molar refractivity (Wildman–Crippen MR) is 124 cm³/mol. The first-order valence-corrected chi connectivity index (χ1v) is 12.0. The zero-order valence-electron chi connectivity index (χ0n) is 17.5. The summed E-state index contributed by atoms with van der Waals surface area (Å²) in [5.74, 6) is 1.23. The number of methoxy groups -OCH3 is 1. The van der Waals surface area contributed by atoms with E-state index < -0.39 is 6.10 Å². The van der Waals surface area contributed by atoms with Crippen molar-refractivity contribution in [2.75, 3.05) is 13.7 Å². The number of rotatable bonds is 6. The zero-order chi connectivity index (χ0) is 20.8. The van der Waals surface area contributed by atoms with Gasteiger partial charge in [0.25, 0.3) is 0 Å². The minimum Gasteiger partial charge on any atom is -0.493 e. The summed E-state index contributed by atoms with van der Waals surface area (Å²) in [5.41, 5.74) is 7.01. The maximum Gasteiger partial charge on any atom is 0.339 e. The minimum atomic E-state index is -0.683. The molecule has 1 heterocycles. The molecule has 0 spiro atoms. The molecule has 5 rings (SSSR count). The first kappa shape index (κ1) is 20.3. The van der Waals surface area contributed by atoms with Gasteiger partial charge in [0, 0.05) is 9.13 Å². The van der Waals surface area contributed by atoms with Crippen molar-refractivity contribution in [3.63, 3.8) is 0 Å². The monoisotopic (exact) mass is 518 g/mol. The SMILES string of the molecule is COC(=O)C(OC1CC1)c1c(C)c(I)cc(C2CC2)c1-c1ccc2c(c1)CCCO2. The highest BCUT2D eigenvalue weighted by Gasteiger charge is 2.37. The van der Waals surface area contributed by atoms with Crippen molar-refractivity contribution in [2.45, 2.75) is 63.6 Å². The number of carbonyl (C=O) groups is 1. The molecule has 2 fully saturated rings. The van der Waals surface area contributed by atoms with E-state index in [1.54, 1.807) is 0 Å². The van der Waals surface area contributed by atoms with Crippen LogP contribution in [0.15, 0.2) is 24.3 Å². The lowest BCUT2D eigenvalue weighted by molar-refractivity contribution is -0.155. The molecular weight excluding hydrogens is 491 g/mol. The molecule has 0 N–H and O–H groups in total. The Morgan fingerprint density at radius 2 is 2.00 bits per heavy atom. The predicted octanol–water partition coefficient (Wildman–Crippen LogP) is 5.86. The average molecular weight is 518 g/mol. The van der Waals surface area contributed by atoms with Gasteiger partial charge in [-0.1, -0.05) is 6.07 Å². The van der Waals surface area contributed by atoms with Crippen LogP contribution in [0, 0.1) is 10.5 Å². The van der Waals surface area contributed by atoms with Crippen molar-refractivity contribution >= 4 is 28.6 Å². The van der Waals surface area contributed by atoms with E-state index in [4.69, 9.17) is 14.2 Å². The highest BCUT2D eigenvalue weighted by Crippen LogP contribution is 2.50. The number of esters is 1. The summed E-state index contributed by atoms with van der Waals surface area (Å²) in [4.78, 5) is 12.9. The lowest BCUT2D eigenvalue weighted by Crippen LogP contribution is -2.21. The van der Waals surface area contributed by atoms with Crippen LogP contribution in [0.5, 0.6) is 5.75 Å². The third kappa shape index (κ3) is 3.86. The Morgan fingerprint density at radius 1 is 1.20 bits per heavy atom. The second-order valence-electron chi connectivity index (χ2n) is 8.65. The van der Waals surface area contributed by atoms with Crippen LogP contribution in [0.25, 0.3) is 11.1 Å². The largest absolute Gasteiger partial charge is 0.493 e. The standard InChI is InChI=1S/C25H27IO4/c1-14-20(26)13-19(15-5-6-15)23(17-7-10-21-16(12-17)4-3-11-29-21)22(14)24(25(27)28-2)30-18-8-9-18/h7,10,12-13,15,18,24H,3-6,8-9,11H2,1-2H3. The molecule has 5 heteroatoms. The van der Waals surface area contributed by atoms with E-state index in [0.29, 0.717) is 5.92 Å². The van der Waals surface area contributed by atoms with E-state index in [2.05, 4.69) is 53.8 Å². The molecule has 30 heavy (non-hydrogen) atoms. The van der Waals surface area contributed by atoms with Gasteiger partial charge >= 0.3 is 5.97 Å². The Morgan fingerprint density at radius 3 is 2.70 bits per heavy atom. The summed E-state index contributed by atoms with van der Waals surface area (Å²) in [7, 11) is 1.45. The van der Waals surface area contributed by atoms with Crippen LogP contribution in [0.1, 0.15) is 66.4 Å². The van der Waals surface area contributed by atoms with Crippen molar-refractivity contribution in [1.82, 2.24) is 0 Å². The van der Waals surface area contributed by atoms with E-state index in [1.807, 2.05) is 0 Å². The third-order valence-corrected chi connectivity index (χ3v) is 7.47. The topological polar surface area (TPSA) is 44.8 Å². The van der Waals surface area contributed by atoms with Crippen LogP contribution in [0.2, 0.25) is 0 Å². The first-order valence-electron chi connectivity index (χ1n) is 10.9. The lowest BCUT2D eigenvalue weighted by Gasteiger charge is -2.26. The third-order valence-electron chi connectivity index (χ3n) is 6.35. The van der Waals surface area contributed by atoms with Crippen LogP contribution < -0.4 is 4.74 Å². The molecule has 0 saturated heterocycles. The summed E-state index contributed by atoms with van der Waals surface area (Å²) < 4.78 is 18.5. The summed E-state index contributed by atoms with van der Waals surface area (Å²) in [6.07, 6.45) is 5.96. The van der Waals surface area contributed by atoms with E-state index in [1.165, 1.54) is 40.2 Å². The van der Waals surface area contributed by atoms with Gasteiger partial charge in [-0.25, -0.2) is 4.79 Å². The number of hydrogen-bond acceptors (Lipinski definition) is 4. The maximum atomic E-state index is 12.9. The Kier molecular flexibility index (Phi) is 5.52. The van der Waals surface area contributed by atoms with Crippen LogP contribution in [-0.4, -0.2) is 25.8 Å². The second-order valence-corrected chi connectivity index (χ2v) is 9.81. The Bertz CT molecular complexity index is 991. The lowest BCUT2D eigenvalue weighted by atomic mass is 9.85. The molecule has 3 aliphatic rings. The first-order chi connectivity index (χ1) is 14.6. The van der Waals surface area contributed by atoms with Gasteiger partial charge in [-0.2, -0.15) is 0 Å². The molecule has 2 aromatic rings. The second kappa shape index (κ2) is 8.15. The highest BCUT2D eigenvalue weighted by atomic mass is 127. The number of aryl methyl sites for hydroxylation is 1. The molecule has 4 nitrogen and oxygen atoms in total. The molecule has 1 atom stereocenters. The smallest absolute Gasteiger partial charge is 0.339 e. The molecular formula is C25H27IO4. The molecule has 1 aliphatic heterocycles. The number of fused-ring (bicyclic) bond motifs is 1. The number of benzene rings is 2. The van der Waals surface area contributed by atoms with Crippen LogP contribution in [-0.2, 0) is 20.7 Å². The van der Waals surface area contributed by atoms with E-state index in [9.17, 15) is 4.79 Å². The molecule has 2 aliphatic carbocycles. The van der Waals surface area contributed by atoms with Gasteiger partial charge in [0.1, 0.15) is 5.75 Å². The van der Waals surface area contributed by atoms with Crippen molar-refractivity contribution in [3.8, 4) is 16.9 Å². The van der Waals surface area contributed by atoms with Gasteiger partial charge in [0.15, 0.2) is 6.10 Å². The van der Waals surface area contributed by atoms with Gasteiger partial charge in [-0.05, 0) is 120 Å². The fourth-order valence-corrected chi connectivity index (χ4v) is 5.04. The van der Waals surface area contributed by atoms with Crippen LogP contribution in [0.4, 0.5) is 0 Å². The number of halogens is 1. The fourth-order valence-electron chi connectivity index (χ4n) is 4.42. The Labute approximate surface area is 191 Å². The molecule has 2 aromatic carbocycles. The van der Waals surface area contributed by atoms with Crippen molar-refractivity contribution in [2.24, 2.45) is 0 Å². The normalized spacial score (nSPS) is 19.0. The van der Waals surface area contributed by atoms with Crippen LogP contribution >= 0.6 is 22.6 Å². The van der Waals surface area contributed by atoms with E-state index in [-0.39, 0.29) is 12.1 Å². The van der Waals surface area contributed by atoms with Crippen molar-refractivity contribution in [3.05, 3.63) is 50.1 Å². The quantitative estimate of drug-likeness (QED) is 0.355. The van der Waals surface area contributed by atoms with E-state index >= 15 is 0 Å². The molecule has 0 amide bonds. The van der Waals surface area contributed by atoms with Gasteiger partial charge in [0.05, 0.1) is 19.8 Å². The van der Waals surface area contributed by atoms with E-state index in [0.717, 1.165) is 54.7 Å². The molecule has 0 aromatic heterocycles. The average Bonchev–Trinajstić information content (AvgIpc) is 3.67. The number of hydrogen-bond donors (Lipinski definition) is 0. The molecule has 1 unspecified atom stereocenters. The van der Waals surface area contributed by atoms with Gasteiger partial charge < -0.3 is 14.2 Å². The molecule has 158 valence electrons. The highest BCUT2D eigenvalue weighted by molar-refractivity contribution is 14.1. The maximum absolute atomic E-state index is 12.9. The van der Waals surface area contributed by atoms with Gasteiger partial charge in [0.2, 0.25) is 0 Å². The zero-order valence-corrected chi connectivity index (χ0v) is 19.7. The number of carbonyl (C=O) groups excluding carboxylic acids is 1.